The van der Waals surface area contributed by atoms with E-state index in [0.717, 1.165) is 5.69 Å². The van der Waals surface area contributed by atoms with Crippen LogP contribution in [0.2, 0.25) is 0 Å². The van der Waals surface area contributed by atoms with Crippen molar-refractivity contribution in [2.24, 2.45) is 0 Å². The molecule has 1 aromatic heterocycles. The van der Waals surface area contributed by atoms with Gasteiger partial charge < -0.3 is 19.9 Å². The first kappa shape index (κ1) is 16.5. The molecule has 128 valence electrons. The number of para-hydroxylation sites is 3. The van der Waals surface area contributed by atoms with E-state index in [2.05, 4.69) is 20.8 Å². The van der Waals surface area contributed by atoms with E-state index in [-0.39, 0.29) is 12.5 Å². The van der Waals surface area contributed by atoms with Crippen LogP contribution in [0.1, 0.15) is 22.1 Å². The number of nitrogens with one attached hydrogen (secondary N) is 2. The van der Waals surface area contributed by atoms with Gasteiger partial charge in [-0.2, -0.15) is 4.98 Å². The monoisotopic (exact) mass is 338 g/mol. The number of nitrogens with zero attached hydrogens (tertiary/aromatic N) is 2. The molecule has 2 N–H and O–H groups in total. The molecular formula is C18H18N4O3. The molecule has 0 saturated heterocycles. The molecule has 3 rings (SSSR count). The molecule has 7 nitrogen and oxygen atoms in total. The highest BCUT2D eigenvalue weighted by Crippen LogP contribution is 2.28. The standard InChI is InChI=1S/C18H18N4O3/c1-12-20-17(25-22-12)11-19-18(23)13-7-3-4-8-14(13)21-15-9-5-6-10-16(15)24-2/h3-10,21H,11H2,1-2H3,(H,19,23). The van der Waals surface area contributed by atoms with Crippen LogP contribution < -0.4 is 15.4 Å². The Balaban J connectivity index is 1.77. The minimum absolute atomic E-state index is 0.169. The van der Waals surface area contributed by atoms with Gasteiger partial charge in [0.2, 0.25) is 5.89 Å². The van der Waals surface area contributed by atoms with Gasteiger partial charge in [-0.15, -0.1) is 0 Å². The molecule has 0 spiro atoms. The fraction of sp³-hybridized carbons (Fsp3) is 0.167. The number of carbonyl (C=O) groups is 1. The Kier molecular flexibility index (Phi) is 4.94. The molecule has 0 aliphatic rings. The van der Waals surface area contributed by atoms with Gasteiger partial charge in [-0.05, 0) is 31.2 Å². The Morgan fingerprint density at radius 1 is 1.12 bits per heavy atom. The molecule has 1 heterocycles. The van der Waals surface area contributed by atoms with Gasteiger partial charge in [-0.1, -0.05) is 29.4 Å². The first-order chi connectivity index (χ1) is 12.2. The SMILES string of the molecule is COc1ccccc1Nc1ccccc1C(=O)NCc1nc(C)no1. The maximum atomic E-state index is 12.5. The molecule has 0 fully saturated rings. The fourth-order valence-electron chi connectivity index (χ4n) is 2.35. The van der Waals surface area contributed by atoms with Crippen molar-refractivity contribution in [1.29, 1.82) is 0 Å². The number of amides is 1. The van der Waals surface area contributed by atoms with Gasteiger partial charge in [0.1, 0.15) is 5.75 Å². The van der Waals surface area contributed by atoms with E-state index in [4.69, 9.17) is 9.26 Å². The molecule has 3 aromatic rings. The van der Waals surface area contributed by atoms with E-state index in [1.165, 1.54) is 0 Å². The third kappa shape index (κ3) is 3.95. The molecule has 1 amide bonds. The van der Waals surface area contributed by atoms with Crippen molar-refractivity contribution in [2.75, 3.05) is 12.4 Å². The van der Waals surface area contributed by atoms with Crippen LogP contribution in [-0.2, 0) is 6.54 Å². The summed E-state index contributed by atoms with van der Waals surface area (Å²) in [5.74, 6) is 1.34. The molecule has 7 heteroatoms. The van der Waals surface area contributed by atoms with E-state index >= 15 is 0 Å². The summed E-state index contributed by atoms with van der Waals surface area (Å²) in [5, 5.41) is 9.71. The molecule has 2 aromatic carbocycles. The summed E-state index contributed by atoms with van der Waals surface area (Å²) in [5.41, 5.74) is 1.95. The zero-order valence-corrected chi connectivity index (χ0v) is 13.9. The molecule has 0 unspecified atom stereocenters. The van der Waals surface area contributed by atoms with Crippen LogP contribution in [0.5, 0.6) is 5.75 Å². The zero-order valence-electron chi connectivity index (χ0n) is 13.9. The van der Waals surface area contributed by atoms with Gasteiger partial charge in [0, 0.05) is 0 Å². The molecule has 0 radical (unpaired) electrons. The summed E-state index contributed by atoms with van der Waals surface area (Å²) in [6, 6.07) is 14.7. The van der Waals surface area contributed by atoms with Gasteiger partial charge >= 0.3 is 0 Å². The van der Waals surface area contributed by atoms with Crippen molar-refractivity contribution in [3.63, 3.8) is 0 Å². The number of benzene rings is 2. The lowest BCUT2D eigenvalue weighted by Crippen LogP contribution is -2.23. The van der Waals surface area contributed by atoms with E-state index in [1.807, 2.05) is 36.4 Å². The van der Waals surface area contributed by atoms with Crippen molar-refractivity contribution < 1.29 is 14.1 Å². The largest absolute Gasteiger partial charge is 0.495 e. The van der Waals surface area contributed by atoms with Gasteiger partial charge in [-0.25, -0.2) is 0 Å². The Morgan fingerprint density at radius 3 is 2.56 bits per heavy atom. The topological polar surface area (TPSA) is 89.3 Å². The predicted molar refractivity (Wildman–Crippen MR) is 92.9 cm³/mol. The third-order valence-electron chi connectivity index (χ3n) is 3.52. The van der Waals surface area contributed by atoms with E-state index in [9.17, 15) is 4.79 Å². The molecule has 0 aliphatic heterocycles. The zero-order chi connectivity index (χ0) is 17.6. The number of hydrogen-bond acceptors (Lipinski definition) is 6. The van der Waals surface area contributed by atoms with E-state index in [0.29, 0.717) is 28.7 Å². The van der Waals surface area contributed by atoms with Crippen molar-refractivity contribution in [2.45, 2.75) is 13.5 Å². The fourth-order valence-corrected chi connectivity index (χ4v) is 2.35. The first-order valence-corrected chi connectivity index (χ1v) is 7.74. The van der Waals surface area contributed by atoms with Crippen LogP contribution in [-0.4, -0.2) is 23.2 Å². The third-order valence-corrected chi connectivity index (χ3v) is 3.52. The summed E-state index contributed by atoms with van der Waals surface area (Å²) < 4.78 is 10.3. The maximum Gasteiger partial charge on any atom is 0.253 e. The van der Waals surface area contributed by atoms with Gasteiger partial charge in [0.25, 0.3) is 5.91 Å². The molecular weight excluding hydrogens is 320 g/mol. The smallest absolute Gasteiger partial charge is 0.253 e. The molecule has 0 aliphatic carbocycles. The Hall–Kier alpha value is -3.35. The number of carbonyl (C=O) groups excluding carboxylic acids is 1. The quantitative estimate of drug-likeness (QED) is 0.718. The van der Waals surface area contributed by atoms with Gasteiger partial charge in [0.05, 0.1) is 30.6 Å². The average molecular weight is 338 g/mol. The maximum absolute atomic E-state index is 12.5. The van der Waals surface area contributed by atoms with Crippen molar-refractivity contribution >= 4 is 17.3 Å². The Morgan fingerprint density at radius 2 is 1.84 bits per heavy atom. The van der Waals surface area contributed by atoms with Gasteiger partial charge in [-0.3, -0.25) is 4.79 Å². The highest BCUT2D eigenvalue weighted by molar-refractivity contribution is 6.00. The number of methoxy groups -OCH3 is 1. The van der Waals surface area contributed by atoms with Crippen LogP contribution in [0, 0.1) is 6.92 Å². The number of anilines is 2. The minimum Gasteiger partial charge on any atom is -0.495 e. The number of rotatable bonds is 6. The lowest BCUT2D eigenvalue weighted by molar-refractivity contribution is 0.0947. The molecule has 0 saturated carbocycles. The molecule has 0 bridgehead atoms. The molecule has 25 heavy (non-hydrogen) atoms. The highest BCUT2D eigenvalue weighted by Gasteiger charge is 2.13. The van der Waals surface area contributed by atoms with Crippen molar-refractivity contribution in [3.05, 3.63) is 65.8 Å². The van der Waals surface area contributed by atoms with Crippen molar-refractivity contribution in [1.82, 2.24) is 15.5 Å². The van der Waals surface area contributed by atoms with Crippen LogP contribution in [0.4, 0.5) is 11.4 Å². The lowest BCUT2D eigenvalue weighted by atomic mass is 10.1. The summed E-state index contributed by atoms with van der Waals surface area (Å²) >= 11 is 0. The average Bonchev–Trinajstić information content (AvgIpc) is 3.06. The predicted octanol–water partition coefficient (Wildman–Crippen LogP) is 3.06. The second-order valence-electron chi connectivity index (χ2n) is 5.29. The lowest BCUT2D eigenvalue weighted by Gasteiger charge is -2.14. The number of aromatic nitrogens is 2. The summed E-state index contributed by atoms with van der Waals surface area (Å²) in [7, 11) is 1.60. The summed E-state index contributed by atoms with van der Waals surface area (Å²) in [6.45, 7) is 1.89. The van der Waals surface area contributed by atoms with Crippen LogP contribution >= 0.6 is 0 Å². The molecule has 0 atom stereocenters. The van der Waals surface area contributed by atoms with Crippen LogP contribution in [0.3, 0.4) is 0 Å². The Labute approximate surface area is 145 Å². The normalized spacial score (nSPS) is 10.3. The Bertz CT molecular complexity index is 876. The van der Waals surface area contributed by atoms with Crippen LogP contribution in [0.25, 0.3) is 0 Å². The number of hydrogen-bond donors (Lipinski definition) is 2. The second kappa shape index (κ2) is 7.48. The first-order valence-electron chi connectivity index (χ1n) is 7.74. The highest BCUT2D eigenvalue weighted by atomic mass is 16.5. The number of ether oxygens (including phenoxy) is 1. The number of aryl methyl sites for hydroxylation is 1. The minimum atomic E-state index is -0.242. The van der Waals surface area contributed by atoms with Crippen molar-refractivity contribution in [3.8, 4) is 5.75 Å². The van der Waals surface area contributed by atoms with Gasteiger partial charge in [0.15, 0.2) is 5.82 Å². The summed E-state index contributed by atoms with van der Waals surface area (Å²) in [6.07, 6.45) is 0. The van der Waals surface area contributed by atoms with E-state index in [1.54, 1.807) is 26.2 Å². The van der Waals surface area contributed by atoms with Crippen LogP contribution in [0.15, 0.2) is 53.1 Å². The second-order valence-corrected chi connectivity index (χ2v) is 5.29. The van der Waals surface area contributed by atoms with E-state index < -0.39 is 0 Å². The summed E-state index contributed by atoms with van der Waals surface area (Å²) in [4.78, 5) is 16.6.